The van der Waals surface area contributed by atoms with Gasteiger partial charge in [-0.05, 0) is 69.4 Å². The van der Waals surface area contributed by atoms with E-state index < -0.39 is 12.1 Å². The zero-order chi connectivity index (χ0) is 22.2. The van der Waals surface area contributed by atoms with E-state index in [0.29, 0.717) is 36.9 Å². The second-order valence-corrected chi connectivity index (χ2v) is 9.75. The van der Waals surface area contributed by atoms with Crippen molar-refractivity contribution in [2.75, 3.05) is 13.7 Å². The maximum absolute atomic E-state index is 13.2. The van der Waals surface area contributed by atoms with Gasteiger partial charge in [0.05, 0.1) is 25.2 Å². The van der Waals surface area contributed by atoms with Gasteiger partial charge in [0.2, 0.25) is 0 Å². The van der Waals surface area contributed by atoms with Crippen LogP contribution in [0.3, 0.4) is 0 Å². The number of benzene rings is 1. The summed E-state index contributed by atoms with van der Waals surface area (Å²) in [5, 5.41) is 0. The van der Waals surface area contributed by atoms with E-state index in [0.717, 1.165) is 18.4 Å². The molecular formula is C26H34O5. The normalized spacial score (nSPS) is 33.2. The van der Waals surface area contributed by atoms with E-state index in [1.807, 2.05) is 37.3 Å². The molecule has 0 aromatic heterocycles. The molecule has 3 aliphatic carbocycles. The highest BCUT2D eigenvalue weighted by atomic mass is 16.5. The Balaban J connectivity index is 1.57. The summed E-state index contributed by atoms with van der Waals surface area (Å²) in [6.45, 7) is 6.66. The van der Waals surface area contributed by atoms with E-state index in [-0.39, 0.29) is 22.9 Å². The first-order chi connectivity index (χ1) is 14.8. The predicted molar refractivity (Wildman–Crippen MR) is 117 cm³/mol. The Bertz CT molecular complexity index is 860. The number of ether oxygens (including phenoxy) is 3. The molecule has 1 saturated heterocycles. The second-order valence-electron chi connectivity index (χ2n) is 9.75. The predicted octanol–water partition coefficient (Wildman–Crippen LogP) is 4.81. The number of methoxy groups -OCH3 is 1. The zero-order valence-corrected chi connectivity index (χ0v) is 19.1. The van der Waals surface area contributed by atoms with E-state index in [1.54, 1.807) is 13.0 Å². The van der Waals surface area contributed by atoms with Gasteiger partial charge in [0.1, 0.15) is 6.10 Å². The van der Waals surface area contributed by atoms with Crippen LogP contribution in [-0.2, 0) is 23.8 Å². The lowest BCUT2D eigenvalue weighted by atomic mass is 9.43. The van der Waals surface area contributed by atoms with E-state index >= 15 is 0 Å². The molecule has 0 amide bonds. The molecule has 31 heavy (non-hydrogen) atoms. The number of hydrogen-bond donors (Lipinski definition) is 0. The first-order valence-electron chi connectivity index (χ1n) is 11.5. The largest absolute Gasteiger partial charge is 0.466 e. The number of rotatable bonds is 8. The molecule has 0 radical (unpaired) electrons. The molecule has 4 bridgehead atoms. The van der Waals surface area contributed by atoms with Crippen molar-refractivity contribution in [2.45, 2.75) is 70.5 Å². The summed E-state index contributed by atoms with van der Waals surface area (Å²) in [5.41, 5.74) is 1.41. The molecule has 6 atom stereocenters. The molecule has 5 rings (SSSR count). The first-order valence-corrected chi connectivity index (χ1v) is 11.5. The van der Waals surface area contributed by atoms with E-state index in [1.165, 1.54) is 13.5 Å². The molecule has 0 N–H and O–H groups in total. The Hall–Kier alpha value is -2.14. The lowest BCUT2D eigenvalue weighted by Crippen LogP contribution is -2.58. The summed E-state index contributed by atoms with van der Waals surface area (Å²) in [4.78, 5) is 25.3. The first kappa shape index (κ1) is 22.1. The molecule has 1 aromatic rings. The average Bonchev–Trinajstić information content (AvgIpc) is 2.90. The maximum Gasteiger partial charge on any atom is 0.333 e. The molecule has 0 spiro atoms. The van der Waals surface area contributed by atoms with Gasteiger partial charge in [-0.3, -0.25) is 4.79 Å². The Morgan fingerprint density at radius 1 is 1.29 bits per heavy atom. The number of carbonyl (C=O) groups is 2. The van der Waals surface area contributed by atoms with Crippen LogP contribution in [-0.4, -0.2) is 37.4 Å². The fourth-order valence-electron chi connectivity index (χ4n) is 6.31. The van der Waals surface area contributed by atoms with Crippen LogP contribution in [0.25, 0.3) is 0 Å². The van der Waals surface area contributed by atoms with Crippen LogP contribution in [0.1, 0.15) is 64.4 Å². The van der Waals surface area contributed by atoms with E-state index in [2.05, 4.69) is 6.92 Å². The van der Waals surface area contributed by atoms with Crippen molar-refractivity contribution in [1.82, 2.24) is 0 Å². The van der Waals surface area contributed by atoms with Crippen LogP contribution in [0, 0.1) is 17.3 Å². The van der Waals surface area contributed by atoms with Gasteiger partial charge in [-0.2, -0.15) is 0 Å². The highest BCUT2D eigenvalue weighted by Crippen LogP contribution is 2.70. The third kappa shape index (κ3) is 3.82. The molecule has 4 fully saturated rings. The third-order valence-corrected chi connectivity index (χ3v) is 8.11. The minimum absolute atomic E-state index is 0.0410. The van der Waals surface area contributed by atoms with Crippen molar-refractivity contribution in [3.63, 3.8) is 0 Å². The van der Waals surface area contributed by atoms with Crippen molar-refractivity contribution in [1.29, 1.82) is 0 Å². The number of fused-ring (bicyclic) bond motifs is 1. The van der Waals surface area contributed by atoms with Gasteiger partial charge < -0.3 is 14.2 Å². The molecular weight excluding hydrogens is 392 g/mol. The van der Waals surface area contributed by atoms with Crippen molar-refractivity contribution in [3.05, 3.63) is 47.5 Å². The molecule has 4 aliphatic rings. The van der Waals surface area contributed by atoms with Gasteiger partial charge >= 0.3 is 11.9 Å². The lowest BCUT2D eigenvalue weighted by Gasteiger charge is -2.59. The van der Waals surface area contributed by atoms with Gasteiger partial charge in [0.15, 0.2) is 0 Å². The van der Waals surface area contributed by atoms with Gasteiger partial charge in [-0.15, -0.1) is 0 Å². The Labute approximate surface area is 185 Å². The van der Waals surface area contributed by atoms with Crippen LogP contribution >= 0.6 is 0 Å². The summed E-state index contributed by atoms with van der Waals surface area (Å²) in [6.07, 6.45) is 6.12. The van der Waals surface area contributed by atoms with Crippen molar-refractivity contribution < 1.29 is 23.8 Å². The fraction of sp³-hybridized carbons (Fsp3) is 0.615. The molecule has 3 saturated carbocycles. The maximum atomic E-state index is 13.2. The van der Waals surface area contributed by atoms with E-state index in [4.69, 9.17) is 14.2 Å². The van der Waals surface area contributed by atoms with Crippen molar-refractivity contribution in [3.8, 4) is 0 Å². The fourth-order valence-corrected chi connectivity index (χ4v) is 6.31. The quantitative estimate of drug-likeness (QED) is 0.441. The molecule has 5 heteroatoms. The smallest absolute Gasteiger partial charge is 0.333 e. The minimum atomic E-state index is -0.473. The highest BCUT2D eigenvalue weighted by Gasteiger charge is 2.69. The lowest BCUT2D eigenvalue weighted by molar-refractivity contribution is -0.157. The van der Waals surface area contributed by atoms with Gasteiger partial charge in [0, 0.05) is 11.0 Å². The molecule has 1 aromatic carbocycles. The van der Waals surface area contributed by atoms with Crippen molar-refractivity contribution in [2.24, 2.45) is 17.3 Å². The summed E-state index contributed by atoms with van der Waals surface area (Å²) in [7, 11) is 1.37. The molecule has 1 heterocycles. The standard InChI is InChI=1S/C26H34O5/c1-5-21(18-9-7-6-8-10-18)24(28)31-20(13-17(2)23(27)29-4)15-26-16-30-25(3)12-11-19(26)14-22(25)26/h6-10,13,19-22H,5,11-12,14-16H2,1-4H3/b17-13+/t19-,20+,21+,22-,25+,26-/m0/s1. The summed E-state index contributed by atoms with van der Waals surface area (Å²) in [6, 6.07) is 9.75. The monoisotopic (exact) mass is 426 g/mol. The minimum Gasteiger partial charge on any atom is -0.466 e. The molecule has 168 valence electrons. The van der Waals surface area contributed by atoms with Crippen LogP contribution < -0.4 is 0 Å². The second kappa shape index (κ2) is 8.42. The van der Waals surface area contributed by atoms with E-state index in [9.17, 15) is 9.59 Å². The van der Waals surface area contributed by atoms with Crippen LogP contribution in [0.2, 0.25) is 0 Å². The van der Waals surface area contributed by atoms with Gasteiger partial charge in [-0.1, -0.05) is 37.3 Å². The number of hydrogen-bond acceptors (Lipinski definition) is 5. The summed E-state index contributed by atoms with van der Waals surface area (Å²) >= 11 is 0. The average molecular weight is 427 g/mol. The van der Waals surface area contributed by atoms with Gasteiger partial charge in [-0.25, -0.2) is 4.79 Å². The SMILES string of the molecule is CC[C@@H](C(=O)O[C@H](/C=C(\C)C(=O)OC)C[C@]12CO[C@]3(C)CC[C@H]1C[C@H]23)c1ccccc1. The molecule has 1 aliphatic heterocycles. The summed E-state index contributed by atoms with van der Waals surface area (Å²) < 4.78 is 17.3. The Kier molecular flexibility index (Phi) is 5.99. The topological polar surface area (TPSA) is 61.8 Å². The Morgan fingerprint density at radius 2 is 2.03 bits per heavy atom. The molecule has 0 unspecified atom stereocenters. The van der Waals surface area contributed by atoms with Crippen LogP contribution in [0.15, 0.2) is 42.0 Å². The van der Waals surface area contributed by atoms with Gasteiger partial charge in [0.25, 0.3) is 0 Å². The molecule has 5 nitrogen and oxygen atoms in total. The number of esters is 2. The van der Waals surface area contributed by atoms with Crippen molar-refractivity contribution >= 4 is 11.9 Å². The number of carbonyl (C=O) groups excluding carboxylic acids is 2. The zero-order valence-electron chi connectivity index (χ0n) is 19.1. The summed E-state index contributed by atoms with van der Waals surface area (Å²) in [5.74, 6) is 0.157. The Morgan fingerprint density at radius 3 is 2.68 bits per heavy atom. The van der Waals surface area contributed by atoms with Crippen LogP contribution in [0.5, 0.6) is 0 Å². The van der Waals surface area contributed by atoms with Crippen LogP contribution in [0.4, 0.5) is 0 Å². The third-order valence-electron chi connectivity index (χ3n) is 8.11. The highest BCUT2D eigenvalue weighted by molar-refractivity contribution is 5.87.